The Labute approximate surface area is 79.3 Å². The van der Waals surface area contributed by atoms with Gasteiger partial charge in [0.2, 0.25) is 5.76 Å². The van der Waals surface area contributed by atoms with Crippen LogP contribution in [0.1, 0.15) is 22.7 Å². The molecule has 14 heavy (non-hydrogen) atoms. The van der Waals surface area contributed by atoms with Crippen LogP contribution in [0.15, 0.2) is 22.6 Å². The molecular formula is C9H8O5. The van der Waals surface area contributed by atoms with Gasteiger partial charge in [-0.05, 0) is 18.2 Å². The molecule has 0 atom stereocenters. The van der Waals surface area contributed by atoms with Crippen molar-refractivity contribution < 1.29 is 24.2 Å². The Morgan fingerprint density at radius 3 is 2.57 bits per heavy atom. The fraction of sp³-hybridized carbons (Fsp3) is 0.111. The van der Waals surface area contributed by atoms with Crippen LogP contribution in [-0.4, -0.2) is 22.2 Å². The molecule has 1 aromatic heterocycles. The zero-order valence-corrected chi connectivity index (χ0v) is 7.14. The molecule has 0 fully saturated rings. The molecule has 74 valence electrons. The second kappa shape index (κ2) is 4.27. The Bertz CT molecular complexity index is 374. The van der Waals surface area contributed by atoms with Crippen LogP contribution < -0.4 is 0 Å². The van der Waals surface area contributed by atoms with Gasteiger partial charge in [0.25, 0.3) is 0 Å². The van der Waals surface area contributed by atoms with Crippen molar-refractivity contribution in [3.05, 3.63) is 29.7 Å². The average molecular weight is 196 g/mol. The van der Waals surface area contributed by atoms with Gasteiger partial charge in [0.15, 0.2) is 0 Å². The first-order valence-corrected chi connectivity index (χ1v) is 3.81. The number of hydrogen-bond acceptors (Lipinski definition) is 3. The van der Waals surface area contributed by atoms with Gasteiger partial charge in [-0.15, -0.1) is 0 Å². The van der Waals surface area contributed by atoms with Crippen molar-refractivity contribution in [2.24, 2.45) is 0 Å². The molecule has 0 saturated carbocycles. The molecule has 0 saturated heterocycles. The lowest BCUT2D eigenvalue weighted by atomic mass is 10.3. The number of carboxylic acids is 2. The van der Waals surface area contributed by atoms with Crippen molar-refractivity contribution in [1.29, 1.82) is 0 Å². The average Bonchev–Trinajstić information content (AvgIpc) is 2.52. The van der Waals surface area contributed by atoms with Crippen molar-refractivity contribution in [3.63, 3.8) is 0 Å². The van der Waals surface area contributed by atoms with Crippen LogP contribution in [0.3, 0.4) is 0 Å². The SMILES string of the molecule is O=C(O)CC=Cc1ccc(C(=O)O)o1. The predicted octanol–water partition coefficient (Wildman–Crippen LogP) is 1.47. The van der Waals surface area contributed by atoms with Crippen LogP contribution in [0, 0.1) is 0 Å². The van der Waals surface area contributed by atoms with Crippen LogP contribution in [0.5, 0.6) is 0 Å². The highest BCUT2D eigenvalue weighted by molar-refractivity contribution is 5.84. The second-order valence-electron chi connectivity index (χ2n) is 2.51. The number of aliphatic carboxylic acids is 1. The summed E-state index contributed by atoms with van der Waals surface area (Å²) in [7, 11) is 0. The van der Waals surface area contributed by atoms with E-state index in [9.17, 15) is 9.59 Å². The van der Waals surface area contributed by atoms with Crippen LogP contribution in [0.2, 0.25) is 0 Å². The molecule has 5 nitrogen and oxygen atoms in total. The minimum Gasteiger partial charge on any atom is -0.481 e. The molecule has 0 aromatic carbocycles. The molecule has 1 aromatic rings. The fourth-order valence-corrected chi connectivity index (χ4v) is 0.833. The summed E-state index contributed by atoms with van der Waals surface area (Å²) in [5.41, 5.74) is 0. The molecular weight excluding hydrogens is 188 g/mol. The van der Waals surface area contributed by atoms with Crippen molar-refractivity contribution >= 4 is 18.0 Å². The summed E-state index contributed by atoms with van der Waals surface area (Å²) in [6, 6.07) is 2.77. The van der Waals surface area contributed by atoms with Gasteiger partial charge in [-0.3, -0.25) is 4.79 Å². The van der Waals surface area contributed by atoms with E-state index < -0.39 is 11.9 Å². The van der Waals surface area contributed by atoms with Crippen LogP contribution in [0.4, 0.5) is 0 Å². The van der Waals surface area contributed by atoms with E-state index in [-0.39, 0.29) is 12.2 Å². The van der Waals surface area contributed by atoms with Gasteiger partial charge >= 0.3 is 11.9 Å². The molecule has 2 N–H and O–H groups in total. The summed E-state index contributed by atoms with van der Waals surface area (Å²) in [5, 5.41) is 16.8. The number of aromatic carboxylic acids is 1. The molecule has 5 heteroatoms. The highest BCUT2D eigenvalue weighted by Crippen LogP contribution is 2.09. The minimum absolute atomic E-state index is 0.122. The summed E-state index contributed by atoms with van der Waals surface area (Å²) in [6.07, 6.45) is 2.68. The molecule has 1 heterocycles. The number of rotatable bonds is 4. The van der Waals surface area contributed by atoms with Gasteiger partial charge in [-0.1, -0.05) is 6.08 Å². The van der Waals surface area contributed by atoms with Gasteiger partial charge in [-0.2, -0.15) is 0 Å². The highest BCUT2D eigenvalue weighted by atomic mass is 16.4. The standard InChI is InChI=1S/C9H8O5/c10-8(11)3-1-2-6-4-5-7(14-6)9(12)13/h1-2,4-5H,3H2,(H,10,11)(H,12,13). The molecule has 0 unspecified atom stereocenters. The van der Waals surface area contributed by atoms with E-state index in [4.69, 9.17) is 14.6 Å². The largest absolute Gasteiger partial charge is 0.481 e. The number of carboxylic acid groups (broad SMARTS) is 2. The third-order valence-corrected chi connectivity index (χ3v) is 1.41. The smallest absolute Gasteiger partial charge is 0.371 e. The van der Waals surface area contributed by atoms with E-state index in [1.54, 1.807) is 0 Å². The van der Waals surface area contributed by atoms with Gasteiger partial charge in [0.05, 0.1) is 6.42 Å². The lowest BCUT2D eigenvalue weighted by Crippen LogP contribution is -1.91. The van der Waals surface area contributed by atoms with E-state index in [0.717, 1.165) is 0 Å². The summed E-state index contributed by atoms with van der Waals surface area (Å²) in [5.74, 6) is -1.95. The van der Waals surface area contributed by atoms with E-state index in [0.29, 0.717) is 5.76 Å². The third-order valence-electron chi connectivity index (χ3n) is 1.41. The Hall–Kier alpha value is -2.04. The predicted molar refractivity (Wildman–Crippen MR) is 47.0 cm³/mol. The Morgan fingerprint density at radius 1 is 1.36 bits per heavy atom. The summed E-state index contributed by atoms with van der Waals surface area (Å²) < 4.78 is 4.85. The van der Waals surface area contributed by atoms with Gasteiger partial charge in [0.1, 0.15) is 5.76 Å². The third kappa shape index (κ3) is 2.78. The maximum atomic E-state index is 10.4. The first-order valence-electron chi connectivity index (χ1n) is 3.81. The molecule has 0 radical (unpaired) electrons. The fourth-order valence-electron chi connectivity index (χ4n) is 0.833. The lowest BCUT2D eigenvalue weighted by molar-refractivity contribution is -0.135. The summed E-state index contributed by atoms with van der Waals surface area (Å²) in [6.45, 7) is 0. The van der Waals surface area contributed by atoms with Crippen molar-refractivity contribution in [1.82, 2.24) is 0 Å². The monoisotopic (exact) mass is 196 g/mol. The van der Waals surface area contributed by atoms with E-state index >= 15 is 0 Å². The summed E-state index contributed by atoms with van der Waals surface area (Å²) >= 11 is 0. The van der Waals surface area contributed by atoms with E-state index in [2.05, 4.69) is 0 Å². The number of furan rings is 1. The zero-order valence-electron chi connectivity index (χ0n) is 7.14. The lowest BCUT2D eigenvalue weighted by Gasteiger charge is -1.86. The Morgan fingerprint density at radius 2 is 2.07 bits per heavy atom. The molecule has 0 amide bonds. The molecule has 0 bridgehead atoms. The highest BCUT2D eigenvalue weighted by Gasteiger charge is 2.06. The van der Waals surface area contributed by atoms with Crippen molar-refractivity contribution in [2.75, 3.05) is 0 Å². The molecule has 0 aliphatic carbocycles. The Kier molecular flexibility index (Phi) is 3.06. The second-order valence-corrected chi connectivity index (χ2v) is 2.51. The molecule has 0 aliphatic rings. The quantitative estimate of drug-likeness (QED) is 0.761. The van der Waals surface area contributed by atoms with Gasteiger partial charge < -0.3 is 14.6 Å². The van der Waals surface area contributed by atoms with Crippen molar-refractivity contribution in [3.8, 4) is 0 Å². The van der Waals surface area contributed by atoms with E-state index in [1.165, 1.54) is 24.3 Å². The maximum absolute atomic E-state index is 10.4. The van der Waals surface area contributed by atoms with E-state index in [1.807, 2.05) is 0 Å². The van der Waals surface area contributed by atoms with Crippen molar-refractivity contribution in [2.45, 2.75) is 6.42 Å². The molecule has 1 rings (SSSR count). The number of carbonyl (C=O) groups is 2. The topological polar surface area (TPSA) is 87.7 Å². The maximum Gasteiger partial charge on any atom is 0.371 e. The Balaban J connectivity index is 2.64. The van der Waals surface area contributed by atoms with Gasteiger partial charge in [-0.25, -0.2) is 4.79 Å². The summed E-state index contributed by atoms with van der Waals surface area (Å²) in [4.78, 5) is 20.5. The van der Waals surface area contributed by atoms with Crippen LogP contribution in [-0.2, 0) is 4.79 Å². The van der Waals surface area contributed by atoms with Crippen LogP contribution >= 0.6 is 0 Å². The van der Waals surface area contributed by atoms with Gasteiger partial charge in [0, 0.05) is 0 Å². The zero-order chi connectivity index (χ0) is 10.6. The molecule has 0 aliphatic heterocycles. The number of hydrogen-bond donors (Lipinski definition) is 2. The normalized spacial score (nSPS) is 10.6. The molecule has 0 spiro atoms. The first kappa shape index (κ1) is 10.0. The first-order chi connectivity index (χ1) is 6.59. The van der Waals surface area contributed by atoms with Crippen LogP contribution in [0.25, 0.3) is 6.08 Å². The minimum atomic E-state index is -1.15.